The van der Waals surface area contributed by atoms with Crippen LogP contribution in [0.25, 0.3) is 10.2 Å². The number of ether oxygens (including phenoxy) is 1. The second-order valence-corrected chi connectivity index (χ2v) is 5.78. The van der Waals surface area contributed by atoms with Crippen LogP contribution in [0.1, 0.15) is 24.8 Å². The van der Waals surface area contributed by atoms with Crippen LogP contribution in [-0.4, -0.2) is 18.1 Å². The molecule has 21 heavy (non-hydrogen) atoms. The molecule has 3 nitrogen and oxygen atoms in total. The molecule has 114 valence electrons. The van der Waals surface area contributed by atoms with Gasteiger partial charge < -0.3 is 10.5 Å². The maximum atomic E-state index is 14.4. The van der Waals surface area contributed by atoms with Crippen molar-refractivity contribution in [2.45, 2.75) is 26.2 Å². The summed E-state index contributed by atoms with van der Waals surface area (Å²) >= 11 is 1.34. The van der Waals surface area contributed by atoms with Gasteiger partial charge in [-0.1, -0.05) is 13.3 Å². The van der Waals surface area contributed by atoms with Crippen molar-refractivity contribution in [2.75, 3.05) is 13.2 Å². The van der Waals surface area contributed by atoms with E-state index in [1.165, 1.54) is 17.4 Å². The average molecular weight is 312 g/mol. The molecule has 2 N–H and O–H groups in total. The Labute approximate surface area is 126 Å². The third-order valence-electron chi connectivity index (χ3n) is 3.08. The Morgan fingerprint density at radius 2 is 2.29 bits per heavy atom. The maximum Gasteiger partial charge on any atom is 0.184 e. The zero-order chi connectivity index (χ0) is 15.2. The van der Waals surface area contributed by atoms with Crippen molar-refractivity contribution in [2.24, 2.45) is 5.73 Å². The number of nitrogens with zero attached hydrogens (tertiary/aromatic N) is 1. The number of unbranched alkanes of at least 4 members (excludes halogenated alkanes) is 1. The molecular formula is C15H18F2N2OS. The van der Waals surface area contributed by atoms with Crippen molar-refractivity contribution in [3.8, 4) is 5.75 Å². The van der Waals surface area contributed by atoms with E-state index in [1.807, 2.05) is 0 Å². The van der Waals surface area contributed by atoms with Gasteiger partial charge in [0.15, 0.2) is 11.6 Å². The van der Waals surface area contributed by atoms with Gasteiger partial charge in [0.1, 0.15) is 6.61 Å². The van der Waals surface area contributed by atoms with Gasteiger partial charge in [-0.2, -0.15) is 0 Å². The van der Waals surface area contributed by atoms with Crippen LogP contribution in [0.5, 0.6) is 5.75 Å². The van der Waals surface area contributed by atoms with E-state index >= 15 is 0 Å². The highest BCUT2D eigenvalue weighted by Gasteiger charge is 2.13. The molecule has 1 aromatic carbocycles. The van der Waals surface area contributed by atoms with E-state index < -0.39 is 5.82 Å². The predicted molar refractivity (Wildman–Crippen MR) is 81.9 cm³/mol. The summed E-state index contributed by atoms with van der Waals surface area (Å²) in [5.74, 6) is -0.344. The summed E-state index contributed by atoms with van der Waals surface area (Å²) in [7, 11) is 0. The van der Waals surface area contributed by atoms with Crippen LogP contribution < -0.4 is 10.5 Å². The predicted octanol–water partition coefficient (Wildman–Crippen LogP) is 3.97. The Morgan fingerprint density at radius 3 is 2.95 bits per heavy atom. The molecule has 0 aliphatic rings. The van der Waals surface area contributed by atoms with Crippen molar-refractivity contribution >= 4 is 21.6 Å². The Morgan fingerprint density at radius 1 is 1.48 bits per heavy atom. The molecule has 0 fully saturated rings. The lowest BCUT2D eigenvalue weighted by Gasteiger charge is -2.08. The van der Waals surface area contributed by atoms with E-state index in [-0.39, 0.29) is 24.5 Å². The molecule has 0 aliphatic heterocycles. The van der Waals surface area contributed by atoms with Crippen LogP contribution in [0, 0.1) is 5.82 Å². The number of rotatable bonds is 7. The van der Waals surface area contributed by atoms with Crippen molar-refractivity contribution in [1.29, 1.82) is 0 Å². The van der Waals surface area contributed by atoms with Gasteiger partial charge in [0, 0.05) is 12.1 Å². The SMILES string of the molecule is CCCCc1nc2ccc(OC/C(=C\F)CN)c(F)c2s1. The fraction of sp³-hybridized carbons (Fsp3) is 0.400. The average Bonchev–Trinajstić information content (AvgIpc) is 2.92. The molecule has 2 aromatic rings. The highest BCUT2D eigenvalue weighted by atomic mass is 32.1. The van der Waals surface area contributed by atoms with Gasteiger partial charge in [-0.3, -0.25) is 0 Å². The number of fused-ring (bicyclic) bond motifs is 1. The van der Waals surface area contributed by atoms with Crippen molar-refractivity contribution < 1.29 is 13.5 Å². The second-order valence-electron chi connectivity index (χ2n) is 4.70. The molecule has 0 bridgehead atoms. The molecule has 1 heterocycles. The van der Waals surface area contributed by atoms with E-state index in [4.69, 9.17) is 10.5 Å². The molecular weight excluding hydrogens is 294 g/mol. The lowest BCUT2D eigenvalue weighted by Crippen LogP contribution is -2.11. The number of hydrogen-bond donors (Lipinski definition) is 1. The highest BCUT2D eigenvalue weighted by molar-refractivity contribution is 7.18. The van der Waals surface area contributed by atoms with E-state index in [2.05, 4.69) is 11.9 Å². The Hall–Kier alpha value is -1.53. The topological polar surface area (TPSA) is 48.1 Å². The maximum absolute atomic E-state index is 14.4. The highest BCUT2D eigenvalue weighted by Crippen LogP contribution is 2.31. The Balaban J connectivity index is 2.20. The molecule has 0 aliphatic carbocycles. The fourth-order valence-electron chi connectivity index (χ4n) is 1.84. The largest absolute Gasteiger partial charge is 0.486 e. The Bertz CT molecular complexity index is 640. The quantitative estimate of drug-likeness (QED) is 0.841. The van der Waals surface area contributed by atoms with Crippen LogP contribution in [0.15, 0.2) is 24.0 Å². The third kappa shape index (κ3) is 3.77. The first-order chi connectivity index (χ1) is 10.2. The van der Waals surface area contributed by atoms with Gasteiger partial charge in [0.05, 0.1) is 21.6 Å². The number of hydrogen-bond acceptors (Lipinski definition) is 4. The molecule has 1 aromatic heterocycles. The summed E-state index contributed by atoms with van der Waals surface area (Å²) in [6.07, 6.45) is 3.36. The minimum Gasteiger partial charge on any atom is -0.486 e. The first-order valence-corrected chi connectivity index (χ1v) is 7.70. The smallest absolute Gasteiger partial charge is 0.184 e. The molecule has 0 amide bonds. The van der Waals surface area contributed by atoms with Crippen molar-refractivity contribution in [3.63, 3.8) is 0 Å². The molecule has 6 heteroatoms. The van der Waals surface area contributed by atoms with Gasteiger partial charge in [0.25, 0.3) is 0 Å². The minimum absolute atomic E-state index is 0.0437. The van der Waals surface area contributed by atoms with Crippen molar-refractivity contribution in [3.05, 3.63) is 34.9 Å². The molecule has 0 radical (unpaired) electrons. The molecule has 0 saturated heterocycles. The normalized spacial score (nSPS) is 12.1. The van der Waals surface area contributed by atoms with Gasteiger partial charge in [0.2, 0.25) is 0 Å². The number of benzene rings is 1. The van der Waals surface area contributed by atoms with Crippen LogP contribution in [0.4, 0.5) is 8.78 Å². The number of nitrogens with two attached hydrogens (primary N) is 1. The second kappa shape index (κ2) is 7.47. The summed E-state index contributed by atoms with van der Waals surface area (Å²) in [4.78, 5) is 4.41. The van der Waals surface area contributed by atoms with Gasteiger partial charge in [-0.05, 0) is 25.0 Å². The van der Waals surface area contributed by atoms with Gasteiger partial charge >= 0.3 is 0 Å². The van der Waals surface area contributed by atoms with Crippen LogP contribution >= 0.6 is 11.3 Å². The van der Waals surface area contributed by atoms with Gasteiger partial charge in [-0.15, -0.1) is 11.3 Å². The van der Waals surface area contributed by atoms with E-state index in [0.717, 1.165) is 24.3 Å². The molecule has 0 unspecified atom stereocenters. The molecule has 2 rings (SSSR count). The zero-order valence-electron chi connectivity index (χ0n) is 11.9. The minimum atomic E-state index is -0.442. The van der Waals surface area contributed by atoms with Gasteiger partial charge in [-0.25, -0.2) is 13.8 Å². The summed E-state index contributed by atoms with van der Waals surface area (Å²) < 4.78 is 32.6. The first kappa shape index (κ1) is 15.9. The fourth-order valence-corrected chi connectivity index (χ4v) is 2.87. The first-order valence-electron chi connectivity index (χ1n) is 6.88. The zero-order valence-corrected chi connectivity index (χ0v) is 12.7. The lowest BCUT2D eigenvalue weighted by atomic mass is 10.2. The standard InChI is InChI=1S/C15H18F2N2OS/c1-2-3-4-13-19-11-5-6-12(14(17)15(11)21-13)20-9-10(7-16)8-18/h5-7H,2-4,8-9,18H2,1H3/b10-7-. The van der Waals surface area contributed by atoms with Crippen LogP contribution in [0.3, 0.4) is 0 Å². The monoisotopic (exact) mass is 312 g/mol. The number of aryl methyl sites for hydroxylation is 1. The molecule has 0 saturated carbocycles. The van der Waals surface area contributed by atoms with E-state index in [0.29, 0.717) is 16.5 Å². The van der Waals surface area contributed by atoms with E-state index in [1.54, 1.807) is 6.07 Å². The number of aromatic nitrogens is 1. The molecule has 0 atom stereocenters. The van der Waals surface area contributed by atoms with Crippen LogP contribution in [-0.2, 0) is 6.42 Å². The lowest BCUT2D eigenvalue weighted by molar-refractivity contribution is 0.330. The third-order valence-corrected chi connectivity index (χ3v) is 4.20. The summed E-state index contributed by atoms with van der Waals surface area (Å²) in [5, 5.41) is 0.925. The van der Waals surface area contributed by atoms with E-state index in [9.17, 15) is 8.78 Å². The summed E-state index contributed by atoms with van der Waals surface area (Å²) in [6.45, 7) is 2.09. The summed E-state index contributed by atoms with van der Waals surface area (Å²) in [6, 6.07) is 3.24. The number of thiazole rings is 1. The molecule has 0 spiro atoms. The summed E-state index contributed by atoms with van der Waals surface area (Å²) in [5.41, 5.74) is 6.25. The van der Waals surface area contributed by atoms with Crippen LogP contribution in [0.2, 0.25) is 0 Å². The Kier molecular flexibility index (Phi) is 5.64. The van der Waals surface area contributed by atoms with Crippen molar-refractivity contribution in [1.82, 2.24) is 4.98 Å². The number of halogens is 2.